The van der Waals surface area contributed by atoms with Gasteiger partial charge in [0.25, 0.3) is 5.76 Å². The van der Waals surface area contributed by atoms with Crippen molar-refractivity contribution in [2.24, 2.45) is 0 Å². The van der Waals surface area contributed by atoms with Gasteiger partial charge in [-0.1, -0.05) is 18.2 Å². The number of phenolic OH excluding ortho intramolecular Hbond substituents is 2. The molecule has 5 N–H and O–H groups in total. The summed E-state index contributed by atoms with van der Waals surface area (Å²) in [5.74, 6) is -3.40. The average Bonchev–Trinajstić information content (AvgIpc) is 2.68. The van der Waals surface area contributed by atoms with Gasteiger partial charge in [-0.2, -0.15) is 0 Å². The summed E-state index contributed by atoms with van der Waals surface area (Å²) in [6, 6.07) is 7.55. The molecule has 0 radical (unpaired) electrons. The number of hydrogen-bond donors (Lipinski definition) is 4. The first-order valence-corrected chi connectivity index (χ1v) is 11.0. The van der Waals surface area contributed by atoms with Crippen LogP contribution in [0.25, 0.3) is 5.57 Å². The maximum Gasteiger partial charge on any atom is 0.399 e. The lowest BCUT2D eigenvalue weighted by Gasteiger charge is -2.20. The molecule has 0 atom stereocenters. The quantitative estimate of drug-likeness (QED) is 0.253. The summed E-state index contributed by atoms with van der Waals surface area (Å²) in [6.45, 7) is 0. The molecule has 0 bridgehead atoms. The number of carbonyl (C=O) groups excluding carboxylic acids is 1. The zero-order chi connectivity index (χ0) is 22.4. The number of hydrogen-bond acceptors (Lipinski definition) is 7. The summed E-state index contributed by atoms with van der Waals surface area (Å²) in [4.78, 5) is 9.23. The maximum atomic E-state index is 11.9. The third kappa shape index (κ3) is 3.88. The monoisotopic (exact) mass is 558 g/mol. The minimum absolute atomic E-state index is 0.0326. The SMILES string of the molecule is O=S(=O)([O-])c1ccccc1/C(=C1/C=C(Br)C(=[OH+])C(O)=C1O)c1cc(O)c(O)c(Br)c1. The van der Waals surface area contributed by atoms with E-state index in [1.807, 2.05) is 0 Å². The average molecular weight is 560 g/mol. The van der Waals surface area contributed by atoms with Gasteiger partial charge >= 0.3 is 5.78 Å². The van der Waals surface area contributed by atoms with E-state index in [0.717, 1.165) is 12.1 Å². The van der Waals surface area contributed by atoms with Crippen LogP contribution in [0.3, 0.4) is 0 Å². The number of halogens is 2. The number of aromatic hydroxyl groups is 2. The fourth-order valence-electron chi connectivity index (χ4n) is 2.88. The summed E-state index contributed by atoms with van der Waals surface area (Å²) in [6.07, 6.45) is 1.20. The van der Waals surface area contributed by atoms with Crippen molar-refractivity contribution < 1.29 is 38.2 Å². The Labute approximate surface area is 187 Å². The molecule has 1 aliphatic rings. The van der Waals surface area contributed by atoms with Crippen molar-refractivity contribution in [2.75, 3.05) is 0 Å². The van der Waals surface area contributed by atoms with E-state index in [1.165, 1.54) is 30.3 Å². The first-order chi connectivity index (χ1) is 13.9. The Bertz CT molecular complexity index is 1270. The second kappa shape index (κ2) is 7.91. The van der Waals surface area contributed by atoms with Gasteiger partial charge in [0.15, 0.2) is 17.3 Å². The predicted molar refractivity (Wildman–Crippen MR) is 114 cm³/mol. The largest absolute Gasteiger partial charge is 0.744 e. The van der Waals surface area contributed by atoms with Crippen LogP contribution >= 0.6 is 31.9 Å². The van der Waals surface area contributed by atoms with E-state index in [-0.39, 0.29) is 31.2 Å². The van der Waals surface area contributed by atoms with Crippen LogP contribution in [0.1, 0.15) is 11.1 Å². The van der Waals surface area contributed by atoms with E-state index >= 15 is 0 Å². The van der Waals surface area contributed by atoms with Gasteiger partial charge in [0, 0.05) is 16.7 Å². The molecule has 8 nitrogen and oxygen atoms in total. The predicted octanol–water partition coefficient (Wildman–Crippen LogP) is 3.73. The summed E-state index contributed by atoms with van der Waals surface area (Å²) in [7, 11) is -4.96. The van der Waals surface area contributed by atoms with Crippen LogP contribution in [0.2, 0.25) is 0 Å². The van der Waals surface area contributed by atoms with E-state index in [0.29, 0.717) is 0 Å². The van der Waals surface area contributed by atoms with E-state index in [4.69, 9.17) is 0 Å². The van der Waals surface area contributed by atoms with Crippen molar-refractivity contribution in [1.29, 1.82) is 0 Å². The van der Waals surface area contributed by atoms with Crippen LogP contribution in [0, 0.1) is 0 Å². The Morgan fingerprint density at radius 2 is 1.63 bits per heavy atom. The van der Waals surface area contributed by atoms with Crippen LogP contribution in [-0.4, -0.2) is 44.0 Å². The minimum Gasteiger partial charge on any atom is -0.744 e. The van der Waals surface area contributed by atoms with Crippen molar-refractivity contribution in [1.82, 2.24) is 0 Å². The number of aliphatic hydroxyl groups is 2. The highest BCUT2D eigenvalue weighted by Gasteiger charge is 2.33. The van der Waals surface area contributed by atoms with Crippen molar-refractivity contribution >= 4 is 53.3 Å². The number of allylic oxidation sites excluding steroid dienone is 2. The van der Waals surface area contributed by atoms with Gasteiger partial charge in [0.1, 0.15) is 14.6 Å². The molecule has 0 saturated heterocycles. The van der Waals surface area contributed by atoms with Crippen molar-refractivity contribution in [3.05, 3.63) is 79.6 Å². The molecule has 2 aromatic rings. The molecule has 0 saturated carbocycles. The molecular formula is C19H12Br2O8S. The first-order valence-electron chi connectivity index (χ1n) is 8.01. The van der Waals surface area contributed by atoms with Crippen LogP contribution in [0.15, 0.2) is 73.4 Å². The maximum absolute atomic E-state index is 11.9. The van der Waals surface area contributed by atoms with Gasteiger partial charge in [0.05, 0.1) is 9.37 Å². The Morgan fingerprint density at radius 3 is 2.23 bits per heavy atom. The van der Waals surface area contributed by atoms with Crippen LogP contribution in [0.5, 0.6) is 11.5 Å². The van der Waals surface area contributed by atoms with Gasteiger partial charge in [-0.25, -0.2) is 8.42 Å². The Hall–Kier alpha value is -2.60. The molecule has 156 valence electrons. The van der Waals surface area contributed by atoms with E-state index in [1.54, 1.807) is 0 Å². The number of ketones is 1. The zero-order valence-corrected chi connectivity index (χ0v) is 18.7. The lowest BCUT2D eigenvalue weighted by molar-refractivity contribution is 0.349. The molecule has 0 amide bonds. The highest BCUT2D eigenvalue weighted by atomic mass is 79.9. The highest BCUT2D eigenvalue weighted by molar-refractivity contribution is 9.12. The van der Waals surface area contributed by atoms with Crippen molar-refractivity contribution in [3.8, 4) is 11.5 Å². The van der Waals surface area contributed by atoms with Crippen molar-refractivity contribution in [3.63, 3.8) is 0 Å². The number of rotatable bonds is 3. The van der Waals surface area contributed by atoms with E-state index < -0.39 is 43.8 Å². The molecular weight excluding hydrogens is 548 g/mol. The van der Waals surface area contributed by atoms with Gasteiger partial charge in [-0.15, -0.1) is 0 Å². The summed E-state index contributed by atoms with van der Waals surface area (Å²) < 4.78 is 35.6. The van der Waals surface area contributed by atoms with Crippen LogP contribution < -0.4 is 0 Å². The third-order valence-electron chi connectivity index (χ3n) is 4.23. The fraction of sp³-hybridized carbons (Fsp3) is 0. The summed E-state index contributed by atoms with van der Waals surface area (Å²) in [5.41, 5.74) is -0.294. The molecule has 0 aliphatic heterocycles. The Balaban J connectivity index is 2.53. The minimum atomic E-state index is -4.96. The second-order valence-electron chi connectivity index (χ2n) is 6.10. The van der Waals surface area contributed by atoms with Gasteiger partial charge < -0.3 is 25.0 Å². The molecule has 0 aromatic heterocycles. The number of phenols is 2. The van der Waals surface area contributed by atoms with Crippen LogP contribution in [-0.2, 0) is 10.1 Å². The van der Waals surface area contributed by atoms with Gasteiger partial charge in [0.2, 0.25) is 0 Å². The molecule has 1 aliphatic carbocycles. The molecule has 0 spiro atoms. The number of benzene rings is 2. The summed E-state index contributed by atoms with van der Waals surface area (Å²) >= 11 is 6.09. The van der Waals surface area contributed by atoms with Crippen molar-refractivity contribution in [2.45, 2.75) is 4.90 Å². The molecule has 0 heterocycles. The molecule has 2 aromatic carbocycles. The molecule has 0 fully saturated rings. The smallest absolute Gasteiger partial charge is 0.399 e. The highest BCUT2D eigenvalue weighted by Crippen LogP contribution is 2.42. The Morgan fingerprint density at radius 1 is 1.00 bits per heavy atom. The van der Waals surface area contributed by atoms with Gasteiger partial charge in [-0.3, -0.25) is 4.79 Å². The molecule has 0 unspecified atom stereocenters. The second-order valence-corrected chi connectivity index (χ2v) is 9.16. The lowest BCUT2D eigenvalue weighted by Crippen LogP contribution is -2.14. The molecule has 3 rings (SSSR count). The van der Waals surface area contributed by atoms with Gasteiger partial charge in [-0.05, 0) is 61.7 Å². The summed E-state index contributed by atoms with van der Waals surface area (Å²) in [5, 5.41) is 40.4. The van der Waals surface area contributed by atoms with Crippen LogP contribution in [0.4, 0.5) is 0 Å². The normalized spacial score (nSPS) is 16.5. The first kappa shape index (κ1) is 22.1. The molecule has 30 heavy (non-hydrogen) atoms. The topological polar surface area (TPSA) is 160 Å². The molecule has 11 heteroatoms. The lowest BCUT2D eigenvalue weighted by atomic mass is 9.89. The van der Waals surface area contributed by atoms with E-state index in [9.17, 15) is 38.2 Å². The Kier molecular flexibility index (Phi) is 5.83. The number of aliphatic hydroxyl groups excluding tert-OH is 2. The standard InChI is InChI=1S/C19H12Br2O8S/c20-11-5-8(6-13(22)17(11)24)15(9-3-1-2-4-14(9)30(27,28)29)10-7-12(21)18(25)19(26)16(10)23/h1-7,22-24,26H,(H,27,28,29)/b15-10-. The zero-order valence-electron chi connectivity index (χ0n) is 14.7. The fourth-order valence-corrected chi connectivity index (χ4v) is 4.43. The third-order valence-corrected chi connectivity index (χ3v) is 6.33. The van der Waals surface area contributed by atoms with E-state index in [2.05, 4.69) is 31.9 Å².